The normalized spacial score (nSPS) is 19.2. The Kier molecular flexibility index (Phi) is 3.45. The number of pyridine rings is 1. The Morgan fingerprint density at radius 2 is 2.12 bits per heavy atom. The molecule has 0 spiro atoms. The third-order valence-electron chi connectivity index (χ3n) is 4.47. The SMILES string of the molecule is Cc1c(F)cccc1Nc1ccc2nc(N)c(C(=O)[C@@H]3C[C@@H]3F)n2c1. The minimum absolute atomic E-state index is 0.0863. The molecule has 0 bridgehead atoms. The average Bonchev–Trinajstić information content (AvgIpc) is 3.21. The van der Waals surface area contributed by atoms with Crippen LogP contribution in [-0.4, -0.2) is 21.3 Å². The lowest BCUT2D eigenvalue weighted by Gasteiger charge is -2.11. The van der Waals surface area contributed by atoms with Gasteiger partial charge in [-0.15, -0.1) is 0 Å². The van der Waals surface area contributed by atoms with Crippen molar-refractivity contribution in [3.05, 3.63) is 53.6 Å². The van der Waals surface area contributed by atoms with Crippen molar-refractivity contribution in [2.24, 2.45) is 5.92 Å². The molecule has 128 valence electrons. The molecule has 7 heteroatoms. The summed E-state index contributed by atoms with van der Waals surface area (Å²) in [5.74, 6) is -1.19. The Bertz CT molecular complexity index is 998. The summed E-state index contributed by atoms with van der Waals surface area (Å²) in [6, 6.07) is 8.22. The zero-order chi connectivity index (χ0) is 17.7. The van der Waals surface area contributed by atoms with Gasteiger partial charge in [0.1, 0.15) is 23.3 Å². The molecular formula is C18H16F2N4O. The summed E-state index contributed by atoms with van der Waals surface area (Å²) in [6.45, 7) is 1.68. The summed E-state index contributed by atoms with van der Waals surface area (Å²) in [4.78, 5) is 16.6. The van der Waals surface area contributed by atoms with Crippen molar-refractivity contribution < 1.29 is 13.6 Å². The number of Topliss-reactive ketones (excluding diaryl/α,β-unsaturated/α-hetero) is 1. The van der Waals surface area contributed by atoms with Crippen molar-refractivity contribution in [3.8, 4) is 0 Å². The second kappa shape index (κ2) is 5.54. The molecule has 0 saturated heterocycles. The lowest BCUT2D eigenvalue weighted by atomic mass is 10.2. The Morgan fingerprint density at radius 1 is 1.36 bits per heavy atom. The van der Waals surface area contributed by atoms with Gasteiger partial charge in [-0.25, -0.2) is 13.8 Å². The number of nitrogens with zero attached hydrogens (tertiary/aromatic N) is 2. The van der Waals surface area contributed by atoms with Crippen LogP contribution in [0.5, 0.6) is 0 Å². The molecule has 0 aliphatic heterocycles. The van der Waals surface area contributed by atoms with Gasteiger partial charge in [0, 0.05) is 17.4 Å². The van der Waals surface area contributed by atoms with E-state index in [1.165, 1.54) is 6.07 Å². The van der Waals surface area contributed by atoms with Crippen molar-refractivity contribution in [2.45, 2.75) is 19.5 Å². The molecule has 1 aliphatic carbocycles. The largest absolute Gasteiger partial charge is 0.382 e. The average molecular weight is 342 g/mol. The molecule has 3 aromatic rings. The van der Waals surface area contributed by atoms with Gasteiger partial charge in [-0.1, -0.05) is 6.07 Å². The van der Waals surface area contributed by atoms with Crippen molar-refractivity contribution >= 4 is 28.6 Å². The fraction of sp³-hybridized carbons (Fsp3) is 0.222. The van der Waals surface area contributed by atoms with Gasteiger partial charge in [0.2, 0.25) is 0 Å². The Balaban J connectivity index is 1.74. The highest BCUT2D eigenvalue weighted by molar-refractivity contribution is 6.03. The fourth-order valence-corrected chi connectivity index (χ4v) is 2.89. The van der Waals surface area contributed by atoms with E-state index in [-0.39, 0.29) is 29.5 Å². The van der Waals surface area contributed by atoms with Crippen LogP contribution in [0.3, 0.4) is 0 Å². The number of aromatic nitrogens is 2. The van der Waals surface area contributed by atoms with E-state index in [2.05, 4.69) is 10.3 Å². The highest BCUT2D eigenvalue weighted by Crippen LogP contribution is 2.38. The third kappa shape index (κ3) is 2.61. The lowest BCUT2D eigenvalue weighted by Crippen LogP contribution is -2.10. The van der Waals surface area contributed by atoms with Gasteiger partial charge < -0.3 is 11.1 Å². The Morgan fingerprint density at radius 3 is 2.84 bits per heavy atom. The highest BCUT2D eigenvalue weighted by Gasteiger charge is 2.45. The maximum Gasteiger partial charge on any atom is 0.189 e. The van der Waals surface area contributed by atoms with E-state index in [9.17, 15) is 13.6 Å². The monoisotopic (exact) mass is 342 g/mol. The van der Waals surface area contributed by atoms with Crippen molar-refractivity contribution in [1.29, 1.82) is 0 Å². The number of fused-ring (bicyclic) bond motifs is 1. The maximum atomic E-state index is 13.7. The van der Waals surface area contributed by atoms with E-state index in [0.717, 1.165) is 0 Å². The van der Waals surface area contributed by atoms with Crippen LogP contribution in [0.2, 0.25) is 0 Å². The molecule has 1 aromatic carbocycles. The van der Waals surface area contributed by atoms with Crippen molar-refractivity contribution in [3.63, 3.8) is 0 Å². The summed E-state index contributed by atoms with van der Waals surface area (Å²) in [5.41, 5.74) is 8.30. The van der Waals surface area contributed by atoms with Gasteiger partial charge in [-0.05, 0) is 37.6 Å². The summed E-state index contributed by atoms with van der Waals surface area (Å²) in [5, 5.41) is 3.12. The molecule has 1 saturated carbocycles. The van der Waals surface area contributed by atoms with Crippen LogP contribution >= 0.6 is 0 Å². The summed E-state index contributed by atoms with van der Waals surface area (Å²) >= 11 is 0. The number of ketones is 1. The second-order valence-electron chi connectivity index (χ2n) is 6.25. The van der Waals surface area contributed by atoms with E-state index in [0.29, 0.717) is 22.6 Å². The predicted molar refractivity (Wildman–Crippen MR) is 91.4 cm³/mol. The Hall–Kier alpha value is -2.96. The first kappa shape index (κ1) is 15.6. The van der Waals surface area contributed by atoms with E-state index in [1.807, 2.05) is 0 Å². The van der Waals surface area contributed by atoms with Gasteiger partial charge in [0.15, 0.2) is 11.6 Å². The van der Waals surface area contributed by atoms with Gasteiger partial charge in [0.05, 0.1) is 11.6 Å². The van der Waals surface area contributed by atoms with Crippen LogP contribution < -0.4 is 11.1 Å². The first-order valence-electron chi connectivity index (χ1n) is 7.93. The standard InChI is InChI=1S/C18H16F2N4O/c1-9-12(19)3-2-4-14(9)22-10-5-6-15-23-18(21)16(24(15)8-10)17(25)11-7-13(11)20/h2-6,8,11,13,22H,7,21H2,1H3/t11-,13+/m1/s1. The van der Waals surface area contributed by atoms with E-state index in [4.69, 9.17) is 5.73 Å². The van der Waals surface area contributed by atoms with Crippen LogP contribution in [0.25, 0.3) is 5.65 Å². The fourth-order valence-electron chi connectivity index (χ4n) is 2.89. The topological polar surface area (TPSA) is 72.4 Å². The minimum atomic E-state index is -1.10. The number of anilines is 3. The molecule has 2 aromatic heterocycles. The summed E-state index contributed by atoms with van der Waals surface area (Å²) in [6.07, 6.45) is 0.784. The van der Waals surface area contributed by atoms with E-state index >= 15 is 0 Å². The molecule has 3 N–H and O–H groups in total. The van der Waals surface area contributed by atoms with Gasteiger partial charge in [-0.3, -0.25) is 9.20 Å². The number of hydrogen-bond donors (Lipinski definition) is 2. The molecule has 0 unspecified atom stereocenters. The number of nitrogens with two attached hydrogens (primary N) is 1. The number of nitrogen functional groups attached to an aromatic ring is 1. The molecule has 0 amide bonds. The van der Waals surface area contributed by atoms with Crippen LogP contribution in [0, 0.1) is 18.7 Å². The summed E-state index contributed by atoms with van der Waals surface area (Å²) in [7, 11) is 0. The molecule has 0 radical (unpaired) electrons. The maximum absolute atomic E-state index is 13.7. The molecule has 2 heterocycles. The van der Waals surface area contributed by atoms with Crippen LogP contribution in [0.1, 0.15) is 22.5 Å². The van der Waals surface area contributed by atoms with Crippen molar-refractivity contribution in [2.75, 3.05) is 11.1 Å². The number of imidazole rings is 1. The van der Waals surface area contributed by atoms with Crippen molar-refractivity contribution in [1.82, 2.24) is 9.38 Å². The number of carbonyl (C=O) groups excluding carboxylic acids is 1. The molecule has 4 rings (SSSR count). The first-order valence-corrected chi connectivity index (χ1v) is 7.93. The second-order valence-corrected chi connectivity index (χ2v) is 6.25. The molecular weight excluding hydrogens is 326 g/mol. The zero-order valence-corrected chi connectivity index (χ0v) is 13.5. The predicted octanol–water partition coefficient (Wildman–Crippen LogP) is 3.65. The van der Waals surface area contributed by atoms with Gasteiger partial charge in [-0.2, -0.15) is 0 Å². The highest BCUT2D eigenvalue weighted by atomic mass is 19.1. The van der Waals surface area contributed by atoms with Crippen LogP contribution in [0.15, 0.2) is 36.5 Å². The number of halogens is 2. The van der Waals surface area contributed by atoms with Crippen LogP contribution in [0.4, 0.5) is 26.0 Å². The number of alkyl halides is 1. The van der Waals surface area contributed by atoms with Gasteiger partial charge in [0.25, 0.3) is 0 Å². The smallest absolute Gasteiger partial charge is 0.189 e. The van der Waals surface area contributed by atoms with Crippen LogP contribution in [-0.2, 0) is 0 Å². The third-order valence-corrected chi connectivity index (χ3v) is 4.47. The first-order chi connectivity index (χ1) is 12.0. The Labute approximate surface area is 142 Å². The van der Waals surface area contributed by atoms with E-state index < -0.39 is 12.1 Å². The molecule has 2 atom stereocenters. The van der Waals surface area contributed by atoms with E-state index in [1.54, 1.807) is 41.8 Å². The molecule has 25 heavy (non-hydrogen) atoms. The lowest BCUT2D eigenvalue weighted by molar-refractivity contribution is 0.0952. The number of benzene rings is 1. The number of carbonyl (C=O) groups is 1. The number of rotatable bonds is 4. The summed E-state index contributed by atoms with van der Waals surface area (Å²) < 4.78 is 28.5. The number of nitrogens with one attached hydrogen (secondary N) is 1. The minimum Gasteiger partial charge on any atom is -0.382 e. The zero-order valence-electron chi connectivity index (χ0n) is 13.5. The quantitative estimate of drug-likeness (QED) is 0.710. The molecule has 1 fully saturated rings. The molecule has 1 aliphatic rings. The number of hydrogen-bond acceptors (Lipinski definition) is 4. The molecule has 5 nitrogen and oxygen atoms in total. The van der Waals surface area contributed by atoms with Gasteiger partial charge >= 0.3 is 0 Å².